The van der Waals surface area contributed by atoms with Crippen molar-refractivity contribution in [3.8, 4) is 10.4 Å². The van der Waals surface area contributed by atoms with Gasteiger partial charge in [0.15, 0.2) is 0 Å². The third-order valence-corrected chi connectivity index (χ3v) is 7.08. The van der Waals surface area contributed by atoms with E-state index in [-0.39, 0.29) is 10.6 Å². The number of hydrogen-bond donors (Lipinski definition) is 0. The molecule has 2 aromatic carbocycles. The number of nitro groups is 1. The van der Waals surface area contributed by atoms with Crippen LogP contribution in [-0.4, -0.2) is 13.3 Å². The minimum Gasteiger partial charge on any atom is -0.258 e. The Morgan fingerprint density at radius 2 is 1.64 bits per heavy atom. The Hall–Kier alpha value is -2.36. The Balaban J connectivity index is 1.94. The van der Waals surface area contributed by atoms with E-state index in [1.54, 1.807) is 6.07 Å². The fourth-order valence-corrected chi connectivity index (χ4v) is 5.53. The summed E-state index contributed by atoms with van der Waals surface area (Å²) in [6.45, 7) is 2.00. The number of non-ortho nitro benzene ring substituents is 1. The van der Waals surface area contributed by atoms with E-state index >= 15 is 0 Å². The zero-order valence-electron chi connectivity index (χ0n) is 12.9. The third-order valence-electron chi connectivity index (χ3n) is 3.36. The van der Waals surface area contributed by atoms with E-state index in [4.69, 9.17) is 0 Å². The molecule has 128 valence electrons. The van der Waals surface area contributed by atoms with Crippen LogP contribution in [0.15, 0.2) is 63.9 Å². The maximum absolute atomic E-state index is 12.3. The van der Waals surface area contributed by atoms with Crippen molar-refractivity contribution in [2.75, 3.05) is 0 Å². The summed E-state index contributed by atoms with van der Waals surface area (Å²) in [4.78, 5) is 10.9. The predicted octanol–water partition coefficient (Wildman–Crippen LogP) is 3.98. The van der Waals surface area contributed by atoms with Crippen LogP contribution in [0.4, 0.5) is 5.69 Å². The molecule has 9 heteroatoms. The van der Waals surface area contributed by atoms with Gasteiger partial charge in [-0.15, -0.1) is 4.40 Å². The lowest BCUT2D eigenvalue weighted by Gasteiger charge is -1.97. The van der Waals surface area contributed by atoms with Crippen LogP contribution in [0.5, 0.6) is 0 Å². The van der Waals surface area contributed by atoms with E-state index in [0.29, 0.717) is 4.67 Å². The molecule has 0 aliphatic heterocycles. The highest BCUT2D eigenvalue weighted by Gasteiger charge is 2.15. The molecule has 1 heterocycles. The van der Waals surface area contributed by atoms with E-state index < -0.39 is 14.9 Å². The third kappa shape index (κ3) is 4.01. The van der Waals surface area contributed by atoms with Gasteiger partial charge >= 0.3 is 0 Å². The highest BCUT2D eigenvalue weighted by atomic mass is 32.9. The smallest absolute Gasteiger partial charge is 0.258 e. The molecule has 0 bridgehead atoms. The summed E-state index contributed by atoms with van der Waals surface area (Å²) in [5.74, 6) is 0. The number of benzene rings is 2. The van der Waals surface area contributed by atoms with Gasteiger partial charge in [-0.05, 0) is 30.7 Å². The zero-order valence-corrected chi connectivity index (χ0v) is 15.4. The lowest BCUT2D eigenvalue weighted by molar-refractivity contribution is -0.384. The highest BCUT2D eigenvalue weighted by Crippen LogP contribution is 2.26. The number of nitro benzene ring substituents is 1. The molecule has 1 aromatic heterocycles. The molecule has 0 aliphatic rings. The Kier molecular flexibility index (Phi) is 4.80. The van der Waals surface area contributed by atoms with Gasteiger partial charge in [-0.3, -0.25) is 10.1 Å². The lowest BCUT2D eigenvalue weighted by atomic mass is 10.1. The second-order valence-corrected chi connectivity index (χ2v) is 8.99. The molecule has 0 atom stereocenters. The Morgan fingerprint density at radius 3 is 2.24 bits per heavy atom. The van der Waals surface area contributed by atoms with E-state index in [1.807, 2.05) is 31.2 Å². The van der Waals surface area contributed by atoms with Gasteiger partial charge in [0.25, 0.3) is 15.7 Å². The average molecular weight is 392 g/mol. The van der Waals surface area contributed by atoms with Crippen LogP contribution in [0, 0.1) is 17.0 Å². The summed E-state index contributed by atoms with van der Waals surface area (Å²) in [5, 5.41) is 10.6. The first kappa shape index (κ1) is 17.5. The van der Waals surface area contributed by atoms with Crippen LogP contribution >= 0.6 is 20.7 Å². The van der Waals surface area contributed by atoms with Gasteiger partial charge in [-0.25, -0.2) is 0 Å². The van der Waals surface area contributed by atoms with Crippen molar-refractivity contribution in [1.29, 1.82) is 0 Å². The molecule has 0 saturated carbocycles. The summed E-state index contributed by atoms with van der Waals surface area (Å²) in [6.07, 6.45) is 0. The molecule has 0 unspecified atom stereocenters. The van der Waals surface area contributed by atoms with E-state index in [9.17, 15) is 18.5 Å². The van der Waals surface area contributed by atoms with Crippen LogP contribution in [0.3, 0.4) is 0 Å². The van der Waals surface area contributed by atoms with Gasteiger partial charge in [0, 0.05) is 17.0 Å². The van der Waals surface area contributed by atoms with Gasteiger partial charge in [0.05, 0.1) is 9.82 Å². The predicted molar refractivity (Wildman–Crippen MR) is 98.2 cm³/mol. The first-order valence-electron chi connectivity index (χ1n) is 7.08. The van der Waals surface area contributed by atoms with E-state index in [2.05, 4.69) is 4.40 Å². The largest absolute Gasteiger partial charge is 0.283 e. The minimum absolute atomic E-state index is 0.0756. The summed E-state index contributed by atoms with van der Waals surface area (Å²) in [7, 11) is -1.20. The molecule has 0 radical (unpaired) electrons. The molecular formula is C16H12N2O4S3. The number of hydrogen-bond acceptors (Lipinski definition) is 6. The second kappa shape index (κ2) is 6.87. The van der Waals surface area contributed by atoms with E-state index in [0.717, 1.165) is 28.1 Å². The highest BCUT2D eigenvalue weighted by molar-refractivity contribution is 7.90. The molecule has 3 rings (SSSR count). The van der Waals surface area contributed by atoms with Gasteiger partial charge in [0.2, 0.25) is 0 Å². The molecule has 0 saturated heterocycles. The number of sulfonamides is 1. The fraction of sp³-hybridized carbons (Fsp3) is 0.0625. The Morgan fingerprint density at radius 1 is 1.00 bits per heavy atom. The maximum Gasteiger partial charge on any atom is 0.283 e. The summed E-state index contributed by atoms with van der Waals surface area (Å²) >= 11 is 0. The van der Waals surface area contributed by atoms with Gasteiger partial charge in [-0.2, -0.15) is 8.42 Å². The van der Waals surface area contributed by atoms with Crippen molar-refractivity contribution in [3.05, 3.63) is 74.9 Å². The average Bonchev–Trinajstić information content (AvgIpc) is 3.03. The van der Waals surface area contributed by atoms with Crippen molar-refractivity contribution in [2.24, 2.45) is 4.40 Å². The SMILES string of the molecule is Cc1ccc(-c2cc(=NS(=O)(=O)c3ccc([N+](=O)[O-])cc3)ss2)cc1. The van der Waals surface area contributed by atoms with Crippen molar-refractivity contribution < 1.29 is 13.3 Å². The Bertz CT molecular complexity index is 1080. The van der Waals surface area contributed by atoms with Crippen LogP contribution in [0.25, 0.3) is 10.4 Å². The van der Waals surface area contributed by atoms with Crippen molar-refractivity contribution in [3.63, 3.8) is 0 Å². The molecule has 0 aliphatic carbocycles. The van der Waals surface area contributed by atoms with Crippen LogP contribution in [0.1, 0.15) is 5.56 Å². The Labute approximate surface area is 151 Å². The monoisotopic (exact) mass is 392 g/mol. The van der Waals surface area contributed by atoms with Gasteiger partial charge < -0.3 is 0 Å². The van der Waals surface area contributed by atoms with Crippen molar-refractivity contribution in [1.82, 2.24) is 0 Å². The van der Waals surface area contributed by atoms with Crippen molar-refractivity contribution in [2.45, 2.75) is 11.8 Å². The quantitative estimate of drug-likeness (QED) is 0.381. The molecule has 0 fully saturated rings. The summed E-state index contributed by atoms with van der Waals surface area (Å²) in [5.41, 5.74) is 1.98. The van der Waals surface area contributed by atoms with Crippen LogP contribution in [0.2, 0.25) is 0 Å². The molecule has 0 spiro atoms. The number of nitrogens with zero attached hydrogens (tertiary/aromatic N) is 2. The topological polar surface area (TPSA) is 89.6 Å². The van der Waals surface area contributed by atoms with Crippen LogP contribution < -0.4 is 4.67 Å². The molecule has 6 nitrogen and oxygen atoms in total. The summed E-state index contributed by atoms with van der Waals surface area (Å²) < 4.78 is 28.9. The number of aryl methyl sites for hydroxylation is 1. The van der Waals surface area contributed by atoms with Crippen LogP contribution in [-0.2, 0) is 10.0 Å². The first-order chi connectivity index (χ1) is 11.8. The zero-order chi connectivity index (χ0) is 18.0. The van der Waals surface area contributed by atoms with Crippen molar-refractivity contribution >= 4 is 36.4 Å². The number of rotatable bonds is 4. The molecular weight excluding hydrogens is 380 g/mol. The molecule has 0 amide bonds. The minimum atomic E-state index is -3.91. The fourth-order valence-electron chi connectivity index (χ4n) is 2.05. The standard InChI is InChI=1S/C16H12N2O4S3/c1-11-2-4-12(5-3-11)15-10-16(24-23-15)17-25(21,22)14-8-6-13(7-9-14)18(19)20/h2-10H,1H3. The molecule has 0 N–H and O–H groups in total. The lowest BCUT2D eigenvalue weighted by Crippen LogP contribution is -2.03. The normalized spacial score (nSPS) is 12.3. The molecule has 25 heavy (non-hydrogen) atoms. The molecule has 3 aromatic rings. The maximum atomic E-state index is 12.3. The summed E-state index contributed by atoms with van der Waals surface area (Å²) in [6, 6.07) is 14.3. The van der Waals surface area contributed by atoms with Gasteiger partial charge in [0.1, 0.15) is 4.67 Å². The van der Waals surface area contributed by atoms with E-state index in [1.165, 1.54) is 32.8 Å². The second-order valence-electron chi connectivity index (χ2n) is 5.20. The first-order valence-corrected chi connectivity index (χ1v) is 10.7. The van der Waals surface area contributed by atoms with Gasteiger partial charge in [-0.1, -0.05) is 50.5 Å².